The molecule has 1 aliphatic rings. The van der Waals surface area contributed by atoms with Gasteiger partial charge < -0.3 is 15.2 Å². The van der Waals surface area contributed by atoms with Crippen LogP contribution in [0, 0.1) is 10.7 Å². The number of nitrogens with one attached hydrogen (secondary N) is 2. The average Bonchev–Trinajstić information content (AvgIpc) is 2.30. The highest BCUT2D eigenvalue weighted by Gasteiger charge is 2.31. The van der Waals surface area contributed by atoms with Gasteiger partial charge >= 0.3 is 0 Å². The Kier molecular flexibility index (Phi) is 3.76. The first-order valence-electron chi connectivity index (χ1n) is 5.72. The topological polar surface area (TPSA) is 89.1 Å². The molecule has 1 saturated carbocycles. The third-order valence-electron chi connectivity index (χ3n) is 3.43. The Morgan fingerprint density at radius 2 is 2.24 bits per heavy atom. The van der Waals surface area contributed by atoms with Crippen LogP contribution in [0.15, 0.2) is 11.0 Å². The number of aliphatic hydroxyl groups excluding tert-OH is 2. The molecule has 0 saturated heterocycles. The van der Waals surface area contributed by atoms with Gasteiger partial charge in [-0.2, -0.15) is 0 Å². The van der Waals surface area contributed by atoms with Gasteiger partial charge in [-0.3, -0.25) is 9.78 Å². The lowest BCUT2D eigenvalue weighted by Gasteiger charge is -2.32. The van der Waals surface area contributed by atoms with Crippen molar-refractivity contribution >= 4 is 12.2 Å². The maximum atomic E-state index is 11.8. The Morgan fingerprint density at radius 3 is 2.88 bits per heavy atom. The fourth-order valence-electron chi connectivity index (χ4n) is 2.44. The van der Waals surface area contributed by atoms with Crippen molar-refractivity contribution in [3.05, 3.63) is 26.9 Å². The summed E-state index contributed by atoms with van der Waals surface area (Å²) in [6.07, 6.45) is 3.09. The summed E-state index contributed by atoms with van der Waals surface area (Å²) in [7, 11) is 0. The first-order chi connectivity index (χ1) is 8.11. The zero-order chi connectivity index (χ0) is 12.4. The van der Waals surface area contributed by atoms with Crippen molar-refractivity contribution in [2.24, 2.45) is 5.92 Å². The fraction of sp³-hybridized carbons (Fsp3) is 0.636. The smallest absolute Gasteiger partial charge is 0.255 e. The van der Waals surface area contributed by atoms with Gasteiger partial charge in [0.25, 0.3) is 5.56 Å². The SMILES string of the molecule is O=c1[nH]c(=S)[nH]cc1[C@H]1C[C@H](CO)CC[C@@H]1O. The van der Waals surface area contributed by atoms with E-state index in [1.54, 1.807) is 6.20 Å². The predicted molar refractivity (Wildman–Crippen MR) is 65.4 cm³/mol. The van der Waals surface area contributed by atoms with Crippen LogP contribution in [0.25, 0.3) is 0 Å². The number of aliphatic hydroxyl groups is 2. The molecule has 0 bridgehead atoms. The van der Waals surface area contributed by atoms with Crippen molar-refractivity contribution in [3.63, 3.8) is 0 Å². The van der Waals surface area contributed by atoms with E-state index in [2.05, 4.69) is 9.97 Å². The van der Waals surface area contributed by atoms with Crippen LogP contribution >= 0.6 is 12.2 Å². The minimum absolute atomic E-state index is 0.101. The predicted octanol–water partition coefficient (Wildman–Crippen LogP) is 0.669. The maximum absolute atomic E-state index is 11.8. The highest BCUT2D eigenvalue weighted by atomic mass is 32.1. The van der Waals surface area contributed by atoms with Gasteiger partial charge in [0.15, 0.2) is 4.77 Å². The van der Waals surface area contributed by atoms with Crippen LogP contribution < -0.4 is 5.56 Å². The lowest BCUT2D eigenvalue weighted by atomic mass is 9.77. The van der Waals surface area contributed by atoms with Crippen molar-refractivity contribution < 1.29 is 10.2 Å². The summed E-state index contributed by atoms with van der Waals surface area (Å²) in [6.45, 7) is 0.101. The van der Waals surface area contributed by atoms with E-state index >= 15 is 0 Å². The van der Waals surface area contributed by atoms with Crippen LogP contribution in [-0.4, -0.2) is 32.9 Å². The summed E-state index contributed by atoms with van der Waals surface area (Å²) in [6, 6.07) is 0. The average molecular weight is 256 g/mol. The maximum Gasteiger partial charge on any atom is 0.255 e. The molecule has 1 aromatic heterocycles. The van der Waals surface area contributed by atoms with Gasteiger partial charge in [0, 0.05) is 24.3 Å². The van der Waals surface area contributed by atoms with Crippen LogP contribution in [0.3, 0.4) is 0 Å². The Balaban J connectivity index is 2.30. The second-order valence-electron chi connectivity index (χ2n) is 4.56. The molecular formula is C11H16N2O3S. The van der Waals surface area contributed by atoms with Gasteiger partial charge in [-0.05, 0) is 37.4 Å². The van der Waals surface area contributed by atoms with E-state index < -0.39 is 6.10 Å². The van der Waals surface area contributed by atoms with E-state index in [9.17, 15) is 9.90 Å². The number of rotatable bonds is 2. The van der Waals surface area contributed by atoms with Crippen molar-refractivity contribution in [1.29, 1.82) is 0 Å². The molecule has 0 spiro atoms. The van der Waals surface area contributed by atoms with Gasteiger partial charge in [0.05, 0.1) is 6.10 Å². The highest BCUT2D eigenvalue weighted by molar-refractivity contribution is 7.71. The third-order valence-corrected chi connectivity index (χ3v) is 3.65. The van der Waals surface area contributed by atoms with Gasteiger partial charge in [0.2, 0.25) is 0 Å². The van der Waals surface area contributed by atoms with Gasteiger partial charge in [-0.25, -0.2) is 0 Å². The second-order valence-corrected chi connectivity index (χ2v) is 4.97. The molecule has 2 rings (SSSR count). The number of H-pyrrole nitrogens is 2. The van der Waals surface area contributed by atoms with Crippen molar-refractivity contribution in [2.45, 2.75) is 31.3 Å². The molecule has 1 aliphatic carbocycles. The molecule has 4 N–H and O–H groups in total. The zero-order valence-electron chi connectivity index (χ0n) is 9.35. The van der Waals surface area contributed by atoms with Crippen LogP contribution in [0.2, 0.25) is 0 Å². The fourth-order valence-corrected chi connectivity index (χ4v) is 2.59. The molecule has 0 aromatic carbocycles. The first kappa shape index (κ1) is 12.5. The normalized spacial score (nSPS) is 29.2. The van der Waals surface area contributed by atoms with E-state index in [1.165, 1.54) is 0 Å². The first-order valence-corrected chi connectivity index (χ1v) is 6.13. The molecule has 3 atom stereocenters. The van der Waals surface area contributed by atoms with Crippen molar-refractivity contribution in [2.75, 3.05) is 6.61 Å². The Hall–Kier alpha value is -0.980. The van der Waals surface area contributed by atoms with E-state index in [-0.39, 0.29) is 28.8 Å². The van der Waals surface area contributed by atoms with Crippen molar-refractivity contribution in [1.82, 2.24) is 9.97 Å². The van der Waals surface area contributed by atoms with E-state index in [0.717, 1.165) is 6.42 Å². The van der Waals surface area contributed by atoms with Gasteiger partial charge in [-0.1, -0.05) is 0 Å². The minimum atomic E-state index is -0.525. The number of hydrogen-bond donors (Lipinski definition) is 4. The molecule has 6 heteroatoms. The molecule has 5 nitrogen and oxygen atoms in total. The summed E-state index contributed by atoms with van der Waals surface area (Å²) in [5, 5.41) is 19.1. The summed E-state index contributed by atoms with van der Waals surface area (Å²) < 4.78 is 0.280. The second kappa shape index (κ2) is 5.12. The van der Waals surface area contributed by atoms with Crippen LogP contribution in [0.5, 0.6) is 0 Å². The standard InChI is InChI=1S/C11H16N2O3S/c14-5-6-1-2-9(15)7(3-6)8-4-12-11(17)13-10(8)16/h4,6-7,9,14-15H,1-3,5H2,(H2,12,13,16,17)/t6-,7-,9+/m1/s1. The van der Waals surface area contributed by atoms with Crippen LogP contribution in [-0.2, 0) is 0 Å². The molecular weight excluding hydrogens is 240 g/mol. The van der Waals surface area contributed by atoms with E-state index in [4.69, 9.17) is 17.3 Å². The molecule has 0 aliphatic heterocycles. The molecule has 1 aromatic rings. The quantitative estimate of drug-likeness (QED) is 0.586. The van der Waals surface area contributed by atoms with Crippen LogP contribution in [0.4, 0.5) is 0 Å². The van der Waals surface area contributed by atoms with Crippen molar-refractivity contribution in [3.8, 4) is 0 Å². The van der Waals surface area contributed by atoms with Gasteiger partial charge in [-0.15, -0.1) is 0 Å². The van der Waals surface area contributed by atoms with E-state index in [0.29, 0.717) is 18.4 Å². The highest BCUT2D eigenvalue weighted by Crippen LogP contribution is 2.34. The number of aromatic nitrogens is 2. The van der Waals surface area contributed by atoms with Crippen LogP contribution in [0.1, 0.15) is 30.7 Å². The molecule has 0 amide bonds. The number of aromatic amines is 2. The van der Waals surface area contributed by atoms with Gasteiger partial charge in [0.1, 0.15) is 0 Å². The Morgan fingerprint density at radius 1 is 1.47 bits per heavy atom. The Bertz CT molecular complexity index is 496. The third kappa shape index (κ3) is 2.65. The summed E-state index contributed by atoms with van der Waals surface area (Å²) in [4.78, 5) is 17.1. The molecule has 1 fully saturated rings. The summed E-state index contributed by atoms with van der Waals surface area (Å²) >= 11 is 4.82. The Labute approximate surface area is 104 Å². The minimum Gasteiger partial charge on any atom is -0.396 e. The molecule has 1 heterocycles. The zero-order valence-corrected chi connectivity index (χ0v) is 10.2. The molecule has 0 unspecified atom stereocenters. The summed E-state index contributed by atoms with van der Waals surface area (Å²) in [5.41, 5.74) is 0.264. The van der Waals surface area contributed by atoms with E-state index in [1.807, 2.05) is 0 Å². The largest absolute Gasteiger partial charge is 0.396 e. The number of hydrogen-bond acceptors (Lipinski definition) is 4. The lowest BCUT2D eigenvalue weighted by Crippen LogP contribution is -2.32. The molecule has 17 heavy (non-hydrogen) atoms. The lowest BCUT2D eigenvalue weighted by molar-refractivity contribution is 0.0651. The summed E-state index contributed by atoms with van der Waals surface area (Å²) in [5.74, 6) is -0.0671. The molecule has 0 radical (unpaired) electrons. The monoisotopic (exact) mass is 256 g/mol. The molecule has 94 valence electrons.